The zero-order valence-electron chi connectivity index (χ0n) is 52.5. The van der Waals surface area contributed by atoms with E-state index in [1.807, 2.05) is 0 Å². The number of ether oxygens (including phenoxy) is 4. The average molecular weight is 1390 g/mol. The highest BCUT2D eigenvalue weighted by Gasteiger charge is 2.73. The van der Waals surface area contributed by atoms with Crippen molar-refractivity contribution in [3.8, 4) is 68.2 Å². The first kappa shape index (κ1) is 68.2. The minimum Gasteiger partial charge on any atom is -0.457 e. The van der Waals surface area contributed by atoms with Crippen LogP contribution in [0.15, 0.2) is 291 Å². The third kappa shape index (κ3) is 13.2. The molecule has 0 radical (unpaired) electrons. The number of ketones is 4. The number of hydrogen-bond acceptors (Lipinski definition) is 8. The summed E-state index contributed by atoms with van der Waals surface area (Å²) in [5, 5.41) is 0. The van der Waals surface area contributed by atoms with Crippen molar-refractivity contribution in [3.63, 3.8) is 0 Å². The first-order valence-corrected chi connectivity index (χ1v) is 31.1. The van der Waals surface area contributed by atoms with E-state index in [0.717, 1.165) is 48.5 Å². The highest BCUT2D eigenvalue weighted by Crippen LogP contribution is 2.58. The van der Waals surface area contributed by atoms with Crippen LogP contribution in [0.25, 0.3) is 22.3 Å². The van der Waals surface area contributed by atoms with Gasteiger partial charge in [0.2, 0.25) is 10.8 Å². The molecule has 0 saturated heterocycles. The van der Waals surface area contributed by atoms with Crippen LogP contribution >= 0.6 is 0 Å². The first-order chi connectivity index (χ1) is 48.7. The number of carbonyl (C=O) groups excluding carboxylic acids is 4. The van der Waals surface area contributed by atoms with Gasteiger partial charge in [0.15, 0.2) is 23.1 Å². The Morgan fingerprint density at radius 2 is 0.275 bits per heavy atom. The number of carbonyl (C=O) groups is 4. The molecular weight excluding hydrogens is 1340 g/mol. The second-order valence-corrected chi connectivity index (χ2v) is 23.7. The molecule has 0 fully saturated rings. The maximum absolute atomic E-state index is 15.2. The van der Waals surface area contributed by atoms with Gasteiger partial charge in [0.1, 0.15) is 46.0 Å². The van der Waals surface area contributed by atoms with Crippen molar-refractivity contribution in [1.29, 1.82) is 0 Å². The van der Waals surface area contributed by atoms with Crippen LogP contribution in [0, 0.1) is 0 Å². The predicted molar refractivity (Wildman–Crippen MR) is 355 cm³/mol. The molecule has 0 spiro atoms. The van der Waals surface area contributed by atoms with Crippen LogP contribution in [0.5, 0.6) is 46.0 Å². The minimum atomic E-state index is -5.91. The van der Waals surface area contributed by atoms with Crippen LogP contribution in [0.2, 0.25) is 0 Å². The van der Waals surface area contributed by atoms with E-state index in [1.165, 1.54) is 97.1 Å². The van der Waals surface area contributed by atoms with Gasteiger partial charge in [0, 0.05) is 44.5 Å². The molecule has 0 saturated carbocycles. The van der Waals surface area contributed by atoms with Gasteiger partial charge in [-0.05, 0) is 190 Å². The number of alkyl halides is 12. The molecule has 19 heterocycles. The van der Waals surface area contributed by atoms with Crippen molar-refractivity contribution in [1.82, 2.24) is 0 Å². The number of halogens is 12. The fraction of sp³-hybridized carbons (Fsp3) is 0.0732. The van der Waals surface area contributed by atoms with E-state index >= 15 is 52.7 Å². The van der Waals surface area contributed by atoms with Crippen LogP contribution in [-0.2, 0) is 10.8 Å². The summed E-state index contributed by atoms with van der Waals surface area (Å²) in [5.41, 5.74) is -8.82. The average Bonchev–Trinajstić information content (AvgIpc) is 0.722. The fourth-order valence-corrected chi connectivity index (χ4v) is 12.2. The molecule has 31 rings (SSSR count). The number of rotatable bonds is 0. The topological polar surface area (TPSA) is 105 Å². The van der Waals surface area contributed by atoms with Crippen LogP contribution in [0.3, 0.4) is 0 Å². The summed E-state index contributed by atoms with van der Waals surface area (Å²) in [6.07, 6.45) is -23.6. The maximum Gasteiger partial charge on any atom is 0.411 e. The summed E-state index contributed by atoms with van der Waals surface area (Å²) in [7, 11) is 0. The molecule has 19 aliphatic heterocycles. The van der Waals surface area contributed by atoms with Gasteiger partial charge in [-0.2, -0.15) is 52.7 Å². The summed E-state index contributed by atoms with van der Waals surface area (Å²) >= 11 is 0. The zero-order valence-corrected chi connectivity index (χ0v) is 52.5. The molecule has 508 valence electrons. The van der Waals surface area contributed by atoms with E-state index < -0.39 is 80.9 Å². The Morgan fingerprint density at radius 1 is 0.167 bits per heavy atom. The largest absolute Gasteiger partial charge is 0.457 e. The van der Waals surface area contributed by atoms with E-state index in [4.69, 9.17) is 18.9 Å². The Hall–Kier alpha value is -12.3. The lowest BCUT2D eigenvalue weighted by Gasteiger charge is -2.38. The third-order valence-electron chi connectivity index (χ3n) is 17.5. The van der Waals surface area contributed by atoms with Crippen molar-refractivity contribution < 1.29 is 90.8 Å². The normalized spacial score (nSPS) is 14.2. The summed E-state index contributed by atoms with van der Waals surface area (Å²) in [6.45, 7) is 0. The number of hydrogen-bond donors (Lipinski definition) is 0. The maximum atomic E-state index is 15.2. The third-order valence-corrected chi connectivity index (χ3v) is 17.5. The van der Waals surface area contributed by atoms with Crippen molar-refractivity contribution in [2.24, 2.45) is 0 Å². The monoisotopic (exact) mass is 1390 g/mol. The lowest BCUT2D eigenvalue weighted by Crippen LogP contribution is -2.54. The molecular formula is C82H48F12O8. The Bertz CT molecular complexity index is 4410. The van der Waals surface area contributed by atoms with Crippen LogP contribution < -0.4 is 18.9 Å². The van der Waals surface area contributed by atoms with Crippen LogP contribution in [-0.4, -0.2) is 47.8 Å². The summed E-state index contributed by atoms with van der Waals surface area (Å²) in [5.74, 6) is -1.59. The Kier molecular flexibility index (Phi) is 17.9. The Morgan fingerprint density at radius 3 is 0.402 bits per heavy atom. The molecule has 0 unspecified atom stereocenters. The van der Waals surface area contributed by atoms with Gasteiger partial charge in [-0.15, -0.1) is 0 Å². The van der Waals surface area contributed by atoms with E-state index in [9.17, 15) is 19.2 Å². The molecule has 0 aliphatic carbocycles. The number of benzene rings is 12. The predicted octanol–water partition coefficient (Wildman–Crippen LogP) is 22.2. The van der Waals surface area contributed by atoms with E-state index in [0.29, 0.717) is 70.8 Å². The van der Waals surface area contributed by atoms with Crippen molar-refractivity contribution in [3.05, 3.63) is 358 Å². The molecule has 24 bridgehead atoms. The molecule has 102 heavy (non-hydrogen) atoms. The first-order valence-electron chi connectivity index (χ1n) is 31.1. The van der Waals surface area contributed by atoms with Gasteiger partial charge in [-0.1, -0.05) is 146 Å². The molecule has 0 N–H and O–H groups in total. The highest BCUT2D eigenvalue weighted by atomic mass is 19.4. The fourth-order valence-electron chi connectivity index (χ4n) is 12.2. The molecule has 12 aromatic rings. The Balaban J connectivity index is 0.761. The second kappa shape index (κ2) is 26.7. The molecule has 12 aromatic carbocycles. The Labute approximate surface area is 573 Å². The molecule has 19 aliphatic rings. The summed E-state index contributed by atoms with van der Waals surface area (Å²) in [6, 6.07) is 62.0. The molecule has 20 heteroatoms. The lowest BCUT2D eigenvalue weighted by molar-refractivity contribution is -0.290. The SMILES string of the molecule is O=C1c2ccc(cc2)Oc2ccc(cc2)C(C(F)(F)F)(C(F)(F)F)c2ccc(cc2)Oc2ccc(cc2)C(=O)c2ccc(cc2)-c2ccc(cc2)C(=O)c2ccc(cc2)Oc2ccc(cc2)C(C(F)(F)F)(C(F)(F)F)c2ccc(cc2)Oc2ccc(cc2)C(=O)c2ccc(cc2)-c2ccc1cc2. The summed E-state index contributed by atoms with van der Waals surface area (Å²) < 4.78 is 206. The van der Waals surface area contributed by atoms with Crippen LogP contribution in [0.4, 0.5) is 52.7 Å². The molecule has 8 nitrogen and oxygen atoms in total. The van der Waals surface area contributed by atoms with Gasteiger partial charge in [-0.25, -0.2) is 0 Å². The zero-order chi connectivity index (χ0) is 71.9. The smallest absolute Gasteiger partial charge is 0.411 e. The highest BCUT2D eigenvalue weighted by molar-refractivity contribution is 6.11. The molecule has 0 atom stereocenters. The molecule has 0 aromatic heterocycles. The lowest BCUT2D eigenvalue weighted by atomic mass is 9.73. The van der Waals surface area contributed by atoms with Crippen LogP contribution in [0.1, 0.15) is 85.9 Å². The van der Waals surface area contributed by atoms with E-state index in [1.54, 1.807) is 97.1 Å². The van der Waals surface area contributed by atoms with Gasteiger partial charge >= 0.3 is 24.7 Å². The minimum absolute atomic E-state index is 0.109. The van der Waals surface area contributed by atoms with Gasteiger partial charge in [-0.3, -0.25) is 19.2 Å². The quantitative estimate of drug-likeness (QED) is 0.138. The second-order valence-electron chi connectivity index (χ2n) is 23.7. The van der Waals surface area contributed by atoms with E-state index in [-0.39, 0.29) is 90.5 Å². The van der Waals surface area contributed by atoms with Crippen molar-refractivity contribution in [2.45, 2.75) is 35.5 Å². The van der Waals surface area contributed by atoms with Crippen molar-refractivity contribution in [2.75, 3.05) is 0 Å². The summed E-state index contributed by atoms with van der Waals surface area (Å²) in [4.78, 5) is 54.4. The van der Waals surface area contributed by atoms with E-state index in [2.05, 4.69) is 0 Å². The standard InChI is InChI=1S/C82H48F12O8/c83-79(84,85)77(80(86,87)88)61-25-41-69(42-26-61)99-65-33-17-57(18-34-65)73(95)53-9-1-49(2-10-53)50-3-11-54(12-4-50)74(96)58-19-35-66(36-20-58)100-70-43-27-63(28-44-70)78(81(89,90)91,82(92,93)94)64-31-47-72(48-32-64)102-68-39-23-60(24-40-68)76(98)56-15-7-52(8-16-56)51-5-13-55(14-6-51)75(97)59-21-37-67(38-22-59)101-71-45-29-62(77)30-46-71/h1-48H. The van der Waals surface area contributed by atoms with Gasteiger partial charge in [0.25, 0.3) is 0 Å². The van der Waals surface area contributed by atoms with Crippen molar-refractivity contribution >= 4 is 23.1 Å². The molecule has 0 amide bonds. The van der Waals surface area contributed by atoms with Gasteiger partial charge in [0.05, 0.1) is 0 Å². The van der Waals surface area contributed by atoms with Gasteiger partial charge < -0.3 is 18.9 Å².